The van der Waals surface area contributed by atoms with Crippen LogP contribution in [0.4, 0.5) is 5.69 Å². The fourth-order valence-corrected chi connectivity index (χ4v) is 3.44. The molecule has 0 heterocycles. The molecular weight excluding hydrogens is 248 g/mol. The van der Waals surface area contributed by atoms with Crippen LogP contribution in [0.2, 0.25) is 0 Å². The average molecular weight is 276 g/mol. The van der Waals surface area contributed by atoms with Gasteiger partial charge in [0.15, 0.2) is 0 Å². The molecule has 1 fully saturated rings. The molecule has 3 nitrogen and oxygen atoms in total. The lowest BCUT2D eigenvalue weighted by Gasteiger charge is -2.39. The molecule has 1 aromatic carbocycles. The molecule has 112 valence electrons. The normalized spacial score (nSPS) is 24.2. The van der Waals surface area contributed by atoms with E-state index in [0.29, 0.717) is 18.5 Å². The van der Waals surface area contributed by atoms with Crippen molar-refractivity contribution in [2.45, 2.75) is 38.6 Å². The van der Waals surface area contributed by atoms with Gasteiger partial charge in [0.25, 0.3) is 0 Å². The molecule has 0 bridgehead atoms. The van der Waals surface area contributed by atoms with E-state index in [1.807, 2.05) is 12.1 Å². The van der Waals surface area contributed by atoms with Crippen LogP contribution in [0.1, 0.15) is 32.6 Å². The Balaban J connectivity index is 2.14. The van der Waals surface area contributed by atoms with Gasteiger partial charge < -0.3 is 15.4 Å². The van der Waals surface area contributed by atoms with Crippen molar-refractivity contribution in [3.63, 3.8) is 0 Å². The van der Waals surface area contributed by atoms with Gasteiger partial charge in [-0.05, 0) is 36.8 Å². The summed E-state index contributed by atoms with van der Waals surface area (Å²) in [6.45, 7) is 3.06. The van der Waals surface area contributed by atoms with Crippen molar-refractivity contribution in [3.05, 3.63) is 24.3 Å². The first-order chi connectivity index (χ1) is 9.67. The van der Waals surface area contributed by atoms with Gasteiger partial charge in [-0.3, -0.25) is 0 Å². The number of nitrogens with two attached hydrogens (primary N) is 1. The highest BCUT2D eigenvalue weighted by Gasteiger charge is 2.28. The van der Waals surface area contributed by atoms with E-state index in [1.54, 1.807) is 7.11 Å². The maximum Gasteiger partial charge on any atom is 0.142 e. The molecular formula is C17H28N2O. The molecule has 2 rings (SSSR count). The molecule has 1 aliphatic carbocycles. The Kier molecular flexibility index (Phi) is 5.30. The molecule has 1 saturated carbocycles. The Morgan fingerprint density at radius 3 is 2.50 bits per heavy atom. The summed E-state index contributed by atoms with van der Waals surface area (Å²) in [5, 5.41) is 0. The van der Waals surface area contributed by atoms with E-state index in [2.05, 4.69) is 31.0 Å². The van der Waals surface area contributed by atoms with Crippen LogP contribution < -0.4 is 15.4 Å². The van der Waals surface area contributed by atoms with E-state index < -0.39 is 0 Å². The van der Waals surface area contributed by atoms with Gasteiger partial charge in [-0.2, -0.15) is 0 Å². The molecule has 0 aliphatic heterocycles. The zero-order chi connectivity index (χ0) is 14.5. The van der Waals surface area contributed by atoms with E-state index in [-0.39, 0.29) is 0 Å². The Morgan fingerprint density at radius 2 is 1.90 bits per heavy atom. The number of ether oxygens (including phenoxy) is 1. The van der Waals surface area contributed by atoms with Crippen LogP contribution >= 0.6 is 0 Å². The number of rotatable bonds is 5. The summed E-state index contributed by atoms with van der Waals surface area (Å²) in [6, 6.07) is 8.61. The standard InChI is InChI=1S/C17H28N2O/c1-13-8-10-14(11-9-13)16(12-18)19(2)15-6-4-5-7-17(15)20-3/h4-7,13-14,16H,8-12,18H2,1-3H3. The second kappa shape index (κ2) is 6.98. The van der Waals surface area contributed by atoms with Crippen molar-refractivity contribution in [1.82, 2.24) is 0 Å². The SMILES string of the molecule is COc1ccccc1N(C)C(CN)C1CCC(C)CC1. The Hall–Kier alpha value is -1.22. The summed E-state index contributed by atoms with van der Waals surface area (Å²) in [5.74, 6) is 2.50. The Bertz CT molecular complexity index is 413. The second-order valence-corrected chi connectivity index (χ2v) is 6.11. The summed E-state index contributed by atoms with van der Waals surface area (Å²) < 4.78 is 5.48. The van der Waals surface area contributed by atoms with Crippen molar-refractivity contribution >= 4 is 5.69 Å². The van der Waals surface area contributed by atoms with Gasteiger partial charge in [-0.1, -0.05) is 31.9 Å². The third kappa shape index (κ3) is 3.26. The molecule has 0 aromatic heterocycles. The molecule has 20 heavy (non-hydrogen) atoms. The van der Waals surface area contributed by atoms with Crippen LogP contribution in [-0.2, 0) is 0 Å². The number of likely N-dealkylation sites (N-methyl/N-ethyl adjacent to an activating group) is 1. The van der Waals surface area contributed by atoms with E-state index in [9.17, 15) is 0 Å². The largest absolute Gasteiger partial charge is 0.495 e. The number of hydrogen-bond donors (Lipinski definition) is 1. The molecule has 1 aliphatic rings. The minimum absolute atomic E-state index is 0.402. The summed E-state index contributed by atoms with van der Waals surface area (Å²) in [6.07, 6.45) is 5.26. The van der Waals surface area contributed by atoms with Gasteiger partial charge in [-0.25, -0.2) is 0 Å². The lowest BCUT2D eigenvalue weighted by atomic mass is 9.78. The minimum atomic E-state index is 0.402. The Morgan fingerprint density at radius 1 is 1.25 bits per heavy atom. The van der Waals surface area contributed by atoms with Gasteiger partial charge in [0.05, 0.1) is 12.8 Å². The van der Waals surface area contributed by atoms with Gasteiger partial charge in [0, 0.05) is 19.6 Å². The molecule has 0 radical (unpaired) electrons. The zero-order valence-electron chi connectivity index (χ0n) is 13.0. The van der Waals surface area contributed by atoms with Crippen molar-refractivity contribution < 1.29 is 4.74 Å². The van der Waals surface area contributed by atoms with Crippen LogP contribution in [0.15, 0.2) is 24.3 Å². The van der Waals surface area contributed by atoms with Gasteiger partial charge >= 0.3 is 0 Å². The average Bonchev–Trinajstić information content (AvgIpc) is 2.49. The number of nitrogens with zero attached hydrogens (tertiary/aromatic N) is 1. The van der Waals surface area contributed by atoms with Crippen LogP contribution in [0.5, 0.6) is 5.75 Å². The van der Waals surface area contributed by atoms with Crippen LogP contribution in [0.25, 0.3) is 0 Å². The second-order valence-electron chi connectivity index (χ2n) is 6.11. The predicted molar refractivity (Wildman–Crippen MR) is 85.4 cm³/mol. The lowest BCUT2D eigenvalue weighted by Crippen LogP contribution is -2.44. The number of methoxy groups -OCH3 is 1. The highest BCUT2D eigenvalue weighted by Crippen LogP contribution is 2.35. The molecule has 1 unspecified atom stereocenters. The zero-order valence-corrected chi connectivity index (χ0v) is 13.0. The molecule has 0 amide bonds. The van der Waals surface area contributed by atoms with E-state index in [4.69, 9.17) is 10.5 Å². The highest BCUT2D eigenvalue weighted by atomic mass is 16.5. The van der Waals surface area contributed by atoms with Gasteiger partial charge in [0.1, 0.15) is 5.75 Å². The third-order valence-electron chi connectivity index (χ3n) is 4.81. The lowest BCUT2D eigenvalue weighted by molar-refractivity contribution is 0.252. The maximum absolute atomic E-state index is 6.09. The quantitative estimate of drug-likeness (QED) is 0.897. The topological polar surface area (TPSA) is 38.5 Å². The van der Waals surface area contributed by atoms with Crippen molar-refractivity contribution in [3.8, 4) is 5.75 Å². The smallest absolute Gasteiger partial charge is 0.142 e. The van der Waals surface area contributed by atoms with Gasteiger partial charge in [-0.15, -0.1) is 0 Å². The summed E-state index contributed by atoms with van der Waals surface area (Å²) in [4.78, 5) is 2.32. The molecule has 0 saturated heterocycles. The van der Waals surface area contributed by atoms with Crippen LogP contribution in [0.3, 0.4) is 0 Å². The monoisotopic (exact) mass is 276 g/mol. The Labute approximate surface area is 123 Å². The molecule has 3 heteroatoms. The number of hydrogen-bond acceptors (Lipinski definition) is 3. The van der Waals surface area contributed by atoms with Gasteiger partial charge in [0.2, 0.25) is 0 Å². The number of benzene rings is 1. The summed E-state index contributed by atoms with van der Waals surface area (Å²) >= 11 is 0. The van der Waals surface area contributed by atoms with E-state index in [0.717, 1.165) is 17.4 Å². The predicted octanol–water partition coefficient (Wildman–Crippen LogP) is 3.29. The van der Waals surface area contributed by atoms with Crippen LogP contribution in [-0.4, -0.2) is 26.7 Å². The maximum atomic E-state index is 6.09. The first kappa shape index (κ1) is 15.2. The van der Waals surface area contributed by atoms with Crippen LogP contribution in [0, 0.1) is 11.8 Å². The number of anilines is 1. The van der Waals surface area contributed by atoms with Crippen molar-refractivity contribution in [2.24, 2.45) is 17.6 Å². The highest BCUT2D eigenvalue weighted by molar-refractivity contribution is 5.58. The first-order valence-corrected chi connectivity index (χ1v) is 7.73. The molecule has 0 spiro atoms. The van der Waals surface area contributed by atoms with E-state index in [1.165, 1.54) is 25.7 Å². The third-order valence-corrected chi connectivity index (χ3v) is 4.81. The first-order valence-electron chi connectivity index (χ1n) is 7.73. The fourth-order valence-electron chi connectivity index (χ4n) is 3.44. The molecule has 1 aromatic rings. The van der Waals surface area contributed by atoms with Crippen molar-refractivity contribution in [1.29, 1.82) is 0 Å². The minimum Gasteiger partial charge on any atom is -0.495 e. The summed E-state index contributed by atoms with van der Waals surface area (Å²) in [5.41, 5.74) is 7.23. The van der Waals surface area contributed by atoms with E-state index >= 15 is 0 Å². The fraction of sp³-hybridized carbons (Fsp3) is 0.647. The van der Waals surface area contributed by atoms with Crippen molar-refractivity contribution in [2.75, 3.05) is 25.6 Å². The number of para-hydroxylation sites is 2. The molecule has 1 atom stereocenters. The molecule has 2 N–H and O–H groups in total. The summed E-state index contributed by atoms with van der Waals surface area (Å²) in [7, 11) is 3.87.